The largest absolute Gasteiger partial charge is 0.497 e. The van der Waals surface area contributed by atoms with Gasteiger partial charge in [-0.05, 0) is 67.9 Å². The first-order valence-electron chi connectivity index (χ1n) is 11.2. The molecular formula is C26H25N5O3S. The van der Waals surface area contributed by atoms with Crippen molar-refractivity contribution in [2.24, 2.45) is 5.10 Å². The first-order chi connectivity index (χ1) is 17.0. The van der Waals surface area contributed by atoms with E-state index < -0.39 is 0 Å². The Morgan fingerprint density at radius 1 is 1.09 bits per heavy atom. The van der Waals surface area contributed by atoms with Crippen LogP contribution in [0.15, 0.2) is 81.6 Å². The van der Waals surface area contributed by atoms with Gasteiger partial charge in [-0.2, -0.15) is 5.10 Å². The second-order valence-electron chi connectivity index (χ2n) is 8.24. The molecule has 0 aliphatic carbocycles. The fraction of sp³-hybridized carbons (Fsp3) is 0.231. The Hall–Kier alpha value is -3.85. The molecule has 0 saturated carbocycles. The number of aromatic nitrogens is 3. The van der Waals surface area contributed by atoms with Crippen molar-refractivity contribution in [2.45, 2.75) is 31.5 Å². The number of carbonyl (C=O) groups excluding carboxylic acids is 1. The van der Waals surface area contributed by atoms with E-state index in [9.17, 15) is 4.79 Å². The molecule has 0 fully saturated rings. The topological polar surface area (TPSA) is 85.8 Å². The third-order valence-electron chi connectivity index (χ3n) is 5.87. The van der Waals surface area contributed by atoms with Crippen LogP contribution in [0.25, 0.3) is 5.69 Å². The molecule has 0 bridgehead atoms. The summed E-state index contributed by atoms with van der Waals surface area (Å²) >= 11 is 1.34. The normalized spacial score (nSPS) is 15.3. The average Bonchev–Trinajstić information content (AvgIpc) is 3.63. The lowest BCUT2D eigenvalue weighted by molar-refractivity contribution is -0.130. The lowest BCUT2D eigenvalue weighted by Crippen LogP contribution is -2.28. The second-order valence-corrected chi connectivity index (χ2v) is 9.18. The molecule has 0 N–H and O–H groups in total. The number of benzene rings is 2. The van der Waals surface area contributed by atoms with E-state index in [-0.39, 0.29) is 17.7 Å². The summed E-state index contributed by atoms with van der Waals surface area (Å²) in [6.07, 6.45) is 2.18. The van der Waals surface area contributed by atoms with Gasteiger partial charge in [0, 0.05) is 12.1 Å². The van der Waals surface area contributed by atoms with Crippen molar-refractivity contribution >= 4 is 23.4 Å². The summed E-state index contributed by atoms with van der Waals surface area (Å²) in [4.78, 5) is 13.4. The molecule has 178 valence electrons. The van der Waals surface area contributed by atoms with E-state index in [2.05, 4.69) is 10.2 Å². The minimum Gasteiger partial charge on any atom is -0.497 e. The highest BCUT2D eigenvalue weighted by Gasteiger charge is 2.35. The van der Waals surface area contributed by atoms with Crippen LogP contribution in [0.5, 0.6) is 5.75 Å². The summed E-state index contributed by atoms with van der Waals surface area (Å²) in [6, 6.07) is 19.2. The van der Waals surface area contributed by atoms with E-state index in [0.29, 0.717) is 17.3 Å². The SMILES string of the molecule is COc1ccc(C2=NN(C(=O)CSc3nnc(C)n3-c3ccc(C)cc3)C(c3ccco3)C2)cc1. The maximum atomic E-state index is 13.4. The Morgan fingerprint density at radius 2 is 1.86 bits per heavy atom. The highest BCUT2D eigenvalue weighted by Crippen LogP contribution is 2.34. The zero-order valence-corrected chi connectivity index (χ0v) is 20.5. The van der Waals surface area contributed by atoms with Crippen molar-refractivity contribution in [3.63, 3.8) is 0 Å². The number of carbonyl (C=O) groups is 1. The van der Waals surface area contributed by atoms with Crippen molar-refractivity contribution < 1.29 is 13.9 Å². The first kappa shape index (κ1) is 22.9. The molecule has 8 nitrogen and oxygen atoms in total. The zero-order chi connectivity index (χ0) is 24.4. The van der Waals surface area contributed by atoms with Crippen LogP contribution in [0.2, 0.25) is 0 Å². The summed E-state index contributed by atoms with van der Waals surface area (Å²) in [5.74, 6) is 2.27. The molecule has 1 amide bonds. The minimum absolute atomic E-state index is 0.129. The van der Waals surface area contributed by atoms with Crippen LogP contribution in [-0.4, -0.2) is 44.3 Å². The van der Waals surface area contributed by atoms with Crippen molar-refractivity contribution in [1.82, 2.24) is 19.8 Å². The van der Waals surface area contributed by atoms with Gasteiger partial charge < -0.3 is 9.15 Å². The summed E-state index contributed by atoms with van der Waals surface area (Å²) in [7, 11) is 1.63. The highest BCUT2D eigenvalue weighted by molar-refractivity contribution is 7.99. The van der Waals surface area contributed by atoms with Crippen LogP contribution < -0.4 is 4.74 Å². The molecule has 1 aliphatic rings. The summed E-state index contributed by atoms with van der Waals surface area (Å²) in [5.41, 5.74) is 3.90. The predicted octanol–water partition coefficient (Wildman–Crippen LogP) is 4.96. The van der Waals surface area contributed by atoms with Crippen LogP contribution in [-0.2, 0) is 4.79 Å². The first-order valence-corrected chi connectivity index (χ1v) is 12.2. The maximum Gasteiger partial charge on any atom is 0.253 e. The molecule has 1 atom stereocenters. The standard InChI is InChI=1S/C26H25N5O3S/c1-17-6-10-20(11-7-17)30-18(2)27-28-26(30)35-16-25(32)31-23(24-5-4-14-34-24)15-22(29-31)19-8-12-21(33-3)13-9-19/h4-14,23H,15-16H2,1-3H3. The monoisotopic (exact) mass is 487 g/mol. The van der Waals surface area contributed by atoms with Gasteiger partial charge in [0.25, 0.3) is 5.91 Å². The number of amides is 1. The predicted molar refractivity (Wildman–Crippen MR) is 134 cm³/mol. The molecule has 4 aromatic rings. The highest BCUT2D eigenvalue weighted by atomic mass is 32.2. The molecule has 5 rings (SSSR count). The van der Waals surface area contributed by atoms with Gasteiger partial charge in [-0.1, -0.05) is 29.5 Å². The number of ether oxygens (including phenoxy) is 1. The smallest absolute Gasteiger partial charge is 0.253 e. The van der Waals surface area contributed by atoms with E-state index in [0.717, 1.165) is 28.5 Å². The van der Waals surface area contributed by atoms with Crippen LogP contribution in [0, 0.1) is 13.8 Å². The van der Waals surface area contributed by atoms with Crippen LogP contribution >= 0.6 is 11.8 Å². The molecule has 1 unspecified atom stereocenters. The molecule has 1 aliphatic heterocycles. The van der Waals surface area contributed by atoms with Gasteiger partial charge in [-0.25, -0.2) is 5.01 Å². The number of hydrogen-bond donors (Lipinski definition) is 0. The fourth-order valence-corrected chi connectivity index (χ4v) is 4.87. The van der Waals surface area contributed by atoms with Crippen molar-refractivity contribution in [1.29, 1.82) is 0 Å². The van der Waals surface area contributed by atoms with E-state index in [1.54, 1.807) is 13.4 Å². The van der Waals surface area contributed by atoms with Gasteiger partial charge >= 0.3 is 0 Å². The van der Waals surface area contributed by atoms with Gasteiger partial charge in [0.2, 0.25) is 0 Å². The average molecular weight is 488 g/mol. The molecule has 0 spiro atoms. The Bertz CT molecular complexity index is 1340. The quantitative estimate of drug-likeness (QED) is 0.343. The number of rotatable bonds is 7. The molecule has 0 saturated heterocycles. The Morgan fingerprint density at radius 3 is 2.54 bits per heavy atom. The number of hydrazone groups is 1. The van der Waals surface area contributed by atoms with E-state index >= 15 is 0 Å². The lowest BCUT2D eigenvalue weighted by Gasteiger charge is -2.19. The third-order valence-corrected chi connectivity index (χ3v) is 6.79. The van der Waals surface area contributed by atoms with Crippen LogP contribution in [0.1, 0.15) is 35.2 Å². The number of methoxy groups -OCH3 is 1. The third kappa shape index (κ3) is 4.72. The van der Waals surface area contributed by atoms with E-state index in [1.807, 2.05) is 79.1 Å². The second kappa shape index (κ2) is 9.79. The minimum atomic E-state index is -0.299. The Kier molecular flexibility index (Phi) is 6.41. The van der Waals surface area contributed by atoms with Gasteiger partial charge in [0.15, 0.2) is 5.16 Å². The van der Waals surface area contributed by atoms with Gasteiger partial charge in [0.05, 0.1) is 24.8 Å². The molecule has 9 heteroatoms. The van der Waals surface area contributed by atoms with Crippen molar-refractivity contribution in [3.8, 4) is 11.4 Å². The fourth-order valence-electron chi connectivity index (χ4n) is 4.02. The molecule has 2 aromatic heterocycles. The molecule has 0 radical (unpaired) electrons. The Labute approximate surface area is 207 Å². The Balaban J connectivity index is 1.37. The van der Waals surface area contributed by atoms with E-state index in [1.165, 1.54) is 22.3 Å². The number of aryl methyl sites for hydroxylation is 2. The molecule has 2 aromatic carbocycles. The summed E-state index contributed by atoms with van der Waals surface area (Å²) in [6.45, 7) is 3.95. The molecular weight excluding hydrogens is 462 g/mol. The maximum absolute atomic E-state index is 13.4. The van der Waals surface area contributed by atoms with Gasteiger partial charge in [0.1, 0.15) is 23.4 Å². The van der Waals surface area contributed by atoms with Crippen LogP contribution in [0.3, 0.4) is 0 Å². The van der Waals surface area contributed by atoms with Gasteiger partial charge in [-0.3, -0.25) is 9.36 Å². The summed E-state index contributed by atoms with van der Waals surface area (Å²) in [5, 5.41) is 15.4. The molecule has 35 heavy (non-hydrogen) atoms. The number of nitrogens with zero attached hydrogens (tertiary/aromatic N) is 5. The number of thioether (sulfide) groups is 1. The van der Waals surface area contributed by atoms with Crippen molar-refractivity contribution in [2.75, 3.05) is 12.9 Å². The lowest BCUT2D eigenvalue weighted by atomic mass is 10.0. The van der Waals surface area contributed by atoms with E-state index in [4.69, 9.17) is 14.3 Å². The summed E-state index contributed by atoms with van der Waals surface area (Å²) < 4.78 is 12.9. The molecule has 3 heterocycles. The zero-order valence-electron chi connectivity index (χ0n) is 19.7. The number of hydrogen-bond acceptors (Lipinski definition) is 7. The van der Waals surface area contributed by atoms with Gasteiger partial charge in [-0.15, -0.1) is 10.2 Å². The van der Waals surface area contributed by atoms with Crippen molar-refractivity contribution in [3.05, 3.63) is 89.6 Å². The van der Waals surface area contributed by atoms with Crippen LogP contribution in [0.4, 0.5) is 0 Å². The number of furan rings is 1.